The van der Waals surface area contributed by atoms with E-state index in [1.165, 1.54) is 0 Å². The summed E-state index contributed by atoms with van der Waals surface area (Å²) in [7, 11) is 0. The summed E-state index contributed by atoms with van der Waals surface area (Å²) in [4.78, 5) is 0. The molecular formula is C17H13N. The van der Waals surface area contributed by atoms with Gasteiger partial charge in [0.1, 0.15) is 0 Å². The van der Waals surface area contributed by atoms with Gasteiger partial charge in [-0.05, 0) is 22.8 Å². The molecule has 1 aromatic carbocycles. The first-order chi connectivity index (χ1) is 8.90. The van der Waals surface area contributed by atoms with E-state index >= 15 is 0 Å². The van der Waals surface area contributed by atoms with E-state index < -0.39 is 0 Å². The van der Waals surface area contributed by atoms with Crippen molar-refractivity contribution in [2.24, 2.45) is 0 Å². The molecule has 0 atom stereocenters. The number of nitrogens with zero attached hydrogens (tertiary/aromatic N) is 1. The Hall–Kier alpha value is -2.59. The summed E-state index contributed by atoms with van der Waals surface area (Å²) in [6.07, 6.45) is 15.6. The molecule has 0 heterocycles. The van der Waals surface area contributed by atoms with Crippen LogP contribution in [0.1, 0.15) is 5.56 Å². The third kappa shape index (κ3) is 3.20. The standard InChI is InChI=1S/C17H13N/c18-13-12-17(16-10-6-3-7-11-16)14-15-8-4-1-2-5-9-15/h1-12,14H/b17-12+. The summed E-state index contributed by atoms with van der Waals surface area (Å²) >= 11 is 0. The first-order valence-corrected chi connectivity index (χ1v) is 5.78. The molecule has 0 saturated heterocycles. The zero-order valence-electron chi connectivity index (χ0n) is 9.95. The fourth-order valence-electron chi connectivity index (χ4n) is 1.70. The molecular weight excluding hydrogens is 218 g/mol. The van der Waals surface area contributed by atoms with Crippen molar-refractivity contribution < 1.29 is 0 Å². The van der Waals surface area contributed by atoms with Gasteiger partial charge in [0.15, 0.2) is 0 Å². The first kappa shape index (κ1) is 11.9. The number of benzene rings is 1. The number of rotatable bonds is 2. The highest BCUT2D eigenvalue weighted by Crippen LogP contribution is 2.18. The minimum atomic E-state index is 0.921. The number of nitriles is 1. The van der Waals surface area contributed by atoms with E-state index in [-0.39, 0.29) is 0 Å². The van der Waals surface area contributed by atoms with Crippen LogP contribution in [-0.4, -0.2) is 0 Å². The summed E-state index contributed by atoms with van der Waals surface area (Å²) in [5, 5.41) is 8.88. The third-order valence-corrected chi connectivity index (χ3v) is 2.56. The zero-order chi connectivity index (χ0) is 12.6. The Morgan fingerprint density at radius 3 is 2.22 bits per heavy atom. The topological polar surface area (TPSA) is 23.8 Å². The van der Waals surface area contributed by atoms with E-state index in [1.807, 2.05) is 72.9 Å². The van der Waals surface area contributed by atoms with E-state index in [9.17, 15) is 0 Å². The molecule has 1 nitrogen and oxygen atoms in total. The Labute approximate surface area is 107 Å². The summed E-state index contributed by atoms with van der Waals surface area (Å²) in [5.74, 6) is 0. The minimum absolute atomic E-state index is 0.921. The van der Waals surface area contributed by atoms with Crippen LogP contribution in [0.4, 0.5) is 0 Å². The lowest BCUT2D eigenvalue weighted by molar-refractivity contribution is 1.53. The molecule has 0 amide bonds. The van der Waals surface area contributed by atoms with Crippen LogP contribution in [0.3, 0.4) is 0 Å². The normalized spacial score (nSPS) is 14.2. The number of allylic oxidation sites excluding steroid dienone is 10. The molecule has 0 saturated carbocycles. The van der Waals surface area contributed by atoms with Gasteiger partial charge in [-0.3, -0.25) is 0 Å². The molecule has 18 heavy (non-hydrogen) atoms. The van der Waals surface area contributed by atoms with Crippen molar-refractivity contribution in [1.29, 1.82) is 5.26 Å². The monoisotopic (exact) mass is 231 g/mol. The summed E-state index contributed by atoms with van der Waals surface area (Å²) in [5.41, 5.74) is 3.04. The smallest absolute Gasteiger partial charge is 0.0918 e. The number of hydrogen-bond donors (Lipinski definition) is 0. The third-order valence-electron chi connectivity index (χ3n) is 2.56. The van der Waals surface area contributed by atoms with Crippen LogP contribution in [0.15, 0.2) is 84.5 Å². The lowest BCUT2D eigenvalue weighted by Gasteiger charge is -2.02. The van der Waals surface area contributed by atoms with Gasteiger partial charge in [-0.2, -0.15) is 5.26 Å². The quantitative estimate of drug-likeness (QED) is 0.700. The van der Waals surface area contributed by atoms with Crippen LogP contribution >= 0.6 is 0 Å². The van der Waals surface area contributed by atoms with Gasteiger partial charge < -0.3 is 0 Å². The van der Waals surface area contributed by atoms with E-state index in [0.717, 1.165) is 16.7 Å². The Morgan fingerprint density at radius 1 is 0.944 bits per heavy atom. The van der Waals surface area contributed by atoms with Gasteiger partial charge in [-0.1, -0.05) is 66.8 Å². The molecule has 1 aliphatic rings. The maximum atomic E-state index is 8.88. The molecule has 0 spiro atoms. The zero-order valence-corrected chi connectivity index (χ0v) is 9.95. The van der Waals surface area contributed by atoms with Crippen molar-refractivity contribution >= 4 is 5.57 Å². The summed E-state index contributed by atoms with van der Waals surface area (Å²) in [6.45, 7) is 0. The lowest BCUT2D eigenvalue weighted by atomic mass is 10.0. The SMILES string of the molecule is N#C/C=C(\C=C1C=CC=CC=C1)c1ccccc1. The molecule has 2 rings (SSSR count). The fourth-order valence-corrected chi connectivity index (χ4v) is 1.70. The number of hydrogen-bond acceptors (Lipinski definition) is 1. The van der Waals surface area contributed by atoms with E-state index in [0.29, 0.717) is 0 Å². The van der Waals surface area contributed by atoms with Gasteiger partial charge in [-0.25, -0.2) is 0 Å². The Bertz CT molecular complexity index is 572. The highest BCUT2D eigenvalue weighted by molar-refractivity contribution is 5.77. The van der Waals surface area contributed by atoms with Gasteiger partial charge in [0.25, 0.3) is 0 Å². The van der Waals surface area contributed by atoms with Gasteiger partial charge in [-0.15, -0.1) is 0 Å². The van der Waals surface area contributed by atoms with Gasteiger partial charge in [0.2, 0.25) is 0 Å². The Kier molecular flexibility index (Phi) is 4.11. The van der Waals surface area contributed by atoms with Crippen LogP contribution in [0, 0.1) is 11.3 Å². The molecule has 0 bridgehead atoms. The second-order valence-corrected chi connectivity index (χ2v) is 3.84. The maximum Gasteiger partial charge on any atom is 0.0918 e. The van der Waals surface area contributed by atoms with E-state index in [2.05, 4.69) is 6.07 Å². The van der Waals surface area contributed by atoms with Crippen LogP contribution < -0.4 is 0 Å². The van der Waals surface area contributed by atoms with Crippen molar-refractivity contribution in [2.45, 2.75) is 0 Å². The van der Waals surface area contributed by atoms with Crippen molar-refractivity contribution in [3.05, 3.63) is 90.1 Å². The van der Waals surface area contributed by atoms with Gasteiger partial charge in [0.05, 0.1) is 6.07 Å². The van der Waals surface area contributed by atoms with Crippen LogP contribution in [-0.2, 0) is 0 Å². The molecule has 1 heteroatoms. The molecule has 0 unspecified atom stereocenters. The predicted molar refractivity (Wildman–Crippen MR) is 75.5 cm³/mol. The highest BCUT2D eigenvalue weighted by atomic mass is 14.2. The molecule has 0 radical (unpaired) electrons. The summed E-state index contributed by atoms with van der Waals surface area (Å²) < 4.78 is 0. The second-order valence-electron chi connectivity index (χ2n) is 3.84. The molecule has 1 aliphatic carbocycles. The van der Waals surface area contributed by atoms with Crippen LogP contribution in [0.25, 0.3) is 5.57 Å². The highest BCUT2D eigenvalue weighted by Gasteiger charge is 1.98. The first-order valence-electron chi connectivity index (χ1n) is 5.78. The fraction of sp³-hybridized carbons (Fsp3) is 0. The Morgan fingerprint density at radius 2 is 1.61 bits per heavy atom. The maximum absolute atomic E-state index is 8.88. The van der Waals surface area contributed by atoms with Crippen LogP contribution in [0.5, 0.6) is 0 Å². The molecule has 1 aromatic rings. The lowest BCUT2D eigenvalue weighted by Crippen LogP contribution is -1.82. The van der Waals surface area contributed by atoms with Gasteiger partial charge >= 0.3 is 0 Å². The molecule has 0 aromatic heterocycles. The average molecular weight is 231 g/mol. The van der Waals surface area contributed by atoms with Crippen molar-refractivity contribution in [3.63, 3.8) is 0 Å². The van der Waals surface area contributed by atoms with Crippen molar-refractivity contribution in [1.82, 2.24) is 0 Å². The predicted octanol–water partition coefficient (Wildman–Crippen LogP) is 4.20. The molecule has 0 N–H and O–H groups in total. The molecule has 86 valence electrons. The molecule has 0 fully saturated rings. The van der Waals surface area contributed by atoms with E-state index in [1.54, 1.807) is 6.08 Å². The minimum Gasteiger partial charge on any atom is -0.193 e. The Balaban J connectivity index is 2.37. The van der Waals surface area contributed by atoms with Crippen LogP contribution in [0.2, 0.25) is 0 Å². The summed E-state index contributed by atoms with van der Waals surface area (Å²) in [6, 6.07) is 12.0. The average Bonchev–Trinajstić information content (AvgIpc) is 2.68. The largest absolute Gasteiger partial charge is 0.193 e. The van der Waals surface area contributed by atoms with E-state index in [4.69, 9.17) is 5.26 Å². The van der Waals surface area contributed by atoms with Crippen molar-refractivity contribution in [2.75, 3.05) is 0 Å². The molecule has 0 aliphatic heterocycles. The van der Waals surface area contributed by atoms with Crippen molar-refractivity contribution in [3.8, 4) is 6.07 Å². The second kappa shape index (κ2) is 6.22. The van der Waals surface area contributed by atoms with Gasteiger partial charge in [0, 0.05) is 6.08 Å².